The summed E-state index contributed by atoms with van der Waals surface area (Å²) in [6.07, 6.45) is 75.7. The Labute approximate surface area is 466 Å². The number of unbranched alkanes of at least 4 members (excludes halogenated alkanes) is 22. The predicted molar refractivity (Wildman–Crippen MR) is 320 cm³/mol. The van der Waals surface area contributed by atoms with E-state index < -0.39 is 24.3 Å². The zero-order valence-corrected chi connectivity index (χ0v) is 49.3. The highest BCUT2D eigenvalue weighted by Crippen LogP contribution is 2.16. The van der Waals surface area contributed by atoms with Gasteiger partial charge in [-0.1, -0.05) is 252 Å². The second-order valence-corrected chi connectivity index (χ2v) is 21.3. The fourth-order valence-electron chi connectivity index (χ4n) is 8.12. The molecule has 0 bridgehead atoms. The number of nitrogens with zero attached hydrogens (tertiary/aromatic N) is 1. The Morgan fingerprint density at radius 1 is 0.408 bits per heavy atom. The number of esters is 2. The van der Waals surface area contributed by atoms with Crippen LogP contribution in [0.4, 0.5) is 0 Å². The monoisotopic (exact) mass is 1060 g/mol. The molecule has 0 fully saturated rings. The molecule has 0 aromatic carbocycles. The van der Waals surface area contributed by atoms with Crippen molar-refractivity contribution in [2.75, 3.05) is 47.5 Å². The average molecular weight is 1060 g/mol. The standard InChI is InChI=1S/C67H113NO8/c1-6-8-10-12-14-16-18-20-22-24-26-27-28-29-30-31-32-33-34-35-36-37-38-39-40-42-44-46-48-50-52-54-56-58-65(70)76-63(62-75-67(66(71)72)73-60-59-68(3,4)5)61-74-64(69)57-55-53-51-49-47-45-43-41-25-23-21-19-17-15-13-11-9-7-2/h8,10,14,16,20,22,26-27,29-30,32-33,35-36,38-39,42,44,63,67H,6-7,9,11-13,15,17-19,21,23-25,28,31,34,37,40-41,43,45-62H2,1-5H3/b10-8-,16-14-,22-20-,27-26-,30-29-,33-32-,36-35-,39-38-,44-42-. The van der Waals surface area contributed by atoms with E-state index in [-0.39, 0.29) is 38.6 Å². The molecular formula is C67H113NO8. The lowest BCUT2D eigenvalue weighted by molar-refractivity contribution is -0.870. The van der Waals surface area contributed by atoms with E-state index in [0.717, 1.165) is 109 Å². The summed E-state index contributed by atoms with van der Waals surface area (Å²) in [5.41, 5.74) is 0. The van der Waals surface area contributed by atoms with Gasteiger partial charge < -0.3 is 33.3 Å². The topological polar surface area (TPSA) is 111 Å². The van der Waals surface area contributed by atoms with Crippen molar-refractivity contribution in [3.8, 4) is 0 Å². The van der Waals surface area contributed by atoms with Crippen molar-refractivity contribution in [3.05, 3.63) is 109 Å². The number of ether oxygens (including phenoxy) is 4. The van der Waals surface area contributed by atoms with E-state index in [0.29, 0.717) is 17.4 Å². The maximum atomic E-state index is 12.9. The van der Waals surface area contributed by atoms with Gasteiger partial charge in [-0.25, -0.2) is 0 Å². The quantitative estimate of drug-likeness (QED) is 0.0195. The van der Waals surface area contributed by atoms with Gasteiger partial charge in [0.2, 0.25) is 0 Å². The highest BCUT2D eigenvalue weighted by molar-refractivity contribution is 5.70. The van der Waals surface area contributed by atoms with Crippen LogP contribution in [0.15, 0.2) is 109 Å². The fourth-order valence-corrected chi connectivity index (χ4v) is 8.12. The van der Waals surface area contributed by atoms with Crippen molar-refractivity contribution in [1.29, 1.82) is 0 Å². The van der Waals surface area contributed by atoms with E-state index in [4.69, 9.17) is 18.9 Å². The number of carboxylic acid groups (broad SMARTS) is 1. The van der Waals surface area contributed by atoms with Crippen LogP contribution in [0.2, 0.25) is 0 Å². The second kappa shape index (κ2) is 57.1. The molecule has 9 nitrogen and oxygen atoms in total. The van der Waals surface area contributed by atoms with Crippen molar-refractivity contribution in [1.82, 2.24) is 0 Å². The third-order valence-corrected chi connectivity index (χ3v) is 12.8. The van der Waals surface area contributed by atoms with E-state index in [1.807, 2.05) is 21.1 Å². The molecular weight excluding hydrogens is 947 g/mol. The average Bonchev–Trinajstić information content (AvgIpc) is 3.39. The third kappa shape index (κ3) is 57.7. The molecule has 0 aliphatic heterocycles. The molecule has 0 heterocycles. The van der Waals surface area contributed by atoms with Crippen molar-refractivity contribution < 1.29 is 42.9 Å². The van der Waals surface area contributed by atoms with Crippen molar-refractivity contribution in [2.45, 2.75) is 251 Å². The second-order valence-electron chi connectivity index (χ2n) is 21.3. The Hall–Kier alpha value is -4.05. The minimum atomic E-state index is -1.63. The van der Waals surface area contributed by atoms with E-state index in [1.165, 1.54) is 96.3 Å². The summed E-state index contributed by atoms with van der Waals surface area (Å²) in [6.45, 7) is 4.62. The van der Waals surface area contributed by atoms with Gasteiger partial charge in [-0.05, 0) is 83.5 Å². The van der Waals surface area contributed by atoms with Crippen LogP contribution < -0.4 is 5.11 Å². The van der Waals surface area contributed by atoms with E-state index in [9.17, 15) is 19.5 Å². The number of rotatable bonds is 55. The molecule has 434 valence electrons. The summed E-state index contributed by atoms with van der Waals surface area (Å²) in [7, 11) is 5.91. The number of aliphatic carboxylic acids is 1. The minimum absolute atomic E-state index is 0.139. The first-order valence-electron chi connectivity index (χ1n) is 30.5. The minimum Gasteiger partial charge on any atom is -0.545 e. The number of carbonyl (C=O) groups excluding carboxylic acids is 3. The molecule has 0 aromatic heterocycles. The lowest BCUT2D eigenvalue weighted by atomic mass is 10.0. The maximum Gasteiger partial charge on any atom is 0.306 e. The summed E-state index contributed by atoms with van der Waals surface area (Å²) in [4.78, 5) is 37.3. The van der Waals surface area contributed by atoms with Crippen LogP contribution in [-0.2, 0) is 33.3 Å². The van der Waals surface area contributed by atoms with Crippen molar-refractivity contribution in [3.63, 3.8) is 0 Å². The molecule has 9 heteroatoms. The number of carbonyl (C=O) groups is 3. The van der Waals surface area contributed by atoms with Crippen LogP contribution >= 0.6 is 0 Å². The molecule has 0 aliphatic carbocycles. The van der Waals surface area contributed by atoms with Crippen LogP contribution in [0.1, 0.15) is 239 Å². The number of hydrogen-bond acceptors (Lipinski definition) is 8. The molecule has 0 aromatic rings. The summed E-state index contributed by atoms with van der Waals surface area (Å²) in [5, 5.41) is 11.8. The molecule has 0 spiro atoms. The molecule has 0 rings (SSSR count). The van der Waals surface area contributed by atoms with Gasteiger partial charge >= 0.3 is 11.9 Å². The summed E-state index contributed by atoms with van der Waals surface area (Å²) < 4.78 is 22.7. The molecule has 0 aliphatic rings. The largest absolute Gasteiger partial charge is 0.545 e. The van der Waals surface area contributed by atoms with Gasteiger partial charge in [-0.15, -0.1) is 0 Å². The number of quaternary nitrogens is 1. The smallest absolute Gasteiger partial charge is 0.306 e. The highest BCUT2D eigenvalue weighted by atomic mass is 16.7. The van der Waals surface area contributed by atoms with Crippen LogP contribution in [0.25, 0.3) is 0 Å². The number of carboxylic acids is 1. The molecule has 76 heavy (non-hydrogen) atoms. The van der Waals surface area contributed by atoms with Crippen LogP contribution in [0.3, 0.4) is 0 Å². The molecule has 0 N–H and O–H groups in total. The SMILES string of the molecule is CC/C=C\C/C=C\C/C=C\C/C=C\C/C=C\C/C=C\C/C=C\C/C=C\C/C=C\CCCCCCCC(=O)OC(COC(=O)CCCCCCCCCCCCCCCCCCCC)COC(OCC[N+](C)(C)C)C(=O)[O-]. The first kappa shape index (κ1) is 72.0. The maximum absolute atomic E-state index is 12.9. The summed E-state index contributed by atoms with van der Waals surface area (Å²) in [5.74, 6) is -2.31. The van der Waals surface area contributed by atoms with Gasteiger partial charge in [0.15, 0.2) is 12.4 Å². The number of allylic oxidation sites excluding steroid dienone is 18. The van der Waals surface area contributed by atoms with Crippen LogP contribution in [-0.4, -0.2) is 82.3 Å². The predicted octanol–water partition coefficient (Wildman–Crippen LogP) is 17.0. The van der Waals surface area contributed by atoms with Gasteiger partial charge in [0.25, 0.3) is 0 Å². The summed E-state index contributed by atoms with van der Waals surface area (Å²) >= 11 is 0. The normalized spacial score (nSPS) is 13.5. The Kier molecular flexibility index (Phi) is 54.1. The Bertz CT molecular complexity index is 1610. The van der Waals surface area contributed by atoms with E-state index >= 15 is 0 Å². The van der Waals surface area contributed by atoms with E-state index in [2.05, 4.69) is 123 Å². The van der Waals surface area contributed by atoms with E-state index in [1.54, 1.807) is 0 Å². The van der Waals surface area contributed by atoms with Gasteiger partial charge in [-0.2, -0.15) is 0 Å². The van der Waals surface area contributed by atoms with Gasteiger partial charge in [-0.3, -0.25) is 9.59 Å². The molecule has 0 radical (unpaired) electrons. The molecule has 0 saturated heterocycles. The van der Waals surface area contributed by atoms with Crippen molar-refractivity contribution >= 4 is 17.9 Å². The number of hydrogen-bond donors (Lipinski definition) is 0. The summed E-state index contributed by atoms with van der Waals surface area (Å²) in [6, 6.07) is 0. The zero-order chi connectivity index (χ0) is 55.5. The van der Waals surface area contributed by atoms with Crippen molar-refractivity contribution in [2.24, 2.45) is 0 Å². The lowest BCUT2D eigenvalue weighted by Gasteiger charge is -2.26. The number of likely N-dealkylation sites (N-methyl/N-ethyl adjacent to an activating group) is 1. The zero-order valence-electron chi connectivity index (χ0n) is 49.3. The first-order chi connectivity index (χ1) is 37.1. The van der Waals surface area contributed by atoms with Gasteiger partial charge in [0, 0.05) is 12.8 Å². The molecule has 2 atom stereocenters. The molecule has 2 unspecified atom stereocenters. The van der Waals surface area contributed by atoms with Gasteiger partial charge in [0.1, 0.15) is 13.2 Å². The molecule has 0 amide bonds. The van der Waals surface area contributed by atoms with Crippen LogP contribution in [0.5, 0.6) is 0 Å². The Balaban J connectivity index is 4.28. The Morgan fingerprint density at radius 3 is 1.12 bits per heavy atom. The van der Waals surface area contributed by atoms with Gasteiger partial charge in [0.05, 0.1) is 40.3 Å². The highest BCUT2D eigenvalue weighted by Gasteiger charge is 2.22. The molecule has 0 saturated carbocycles. The third-order valence-electron chi connectivity index (χ3n) is 12.8. The Morgan fingerprint density at radius 2 is 0.750 bits per heavy atom. The van der Waals surface area contributed by atoms with Crippen LogP contribution in [0, 0.1) is 0 Å². The lowest BCUT2D eigenvalue weighted by Crippen LogP contribution is -2.44. The first-order valence-corrected chi connectivity index (χ1v) is 30.5. The fraction of sp³-hybridized carbons (Fsp3) is 0.687.